The number of aromatic nitrogens is 3. The van der Waals surface area contributed by atoms with E-state index in [2.05, 4.69) is 15.0 Å². The molecule has 0 unspecified atom stereocenters. The monoisotopic (exact) mass is 282 g/mol. The maximum atomic E-state index is 13.0. The number of H-pyrrole nitrogens is 1. The van der Waals surface area contributed by atoms with Crippen LogP contribution < -0.4 is 10.5 Å². The highest BCUT2D eigenvalue weighted by Gasteiger charge is 2.35. The second-order valence-electron chi connectivity index (χ2n) is 4.20. The predicted octanol–water partition coefficient (Wildman–Crippen LogP) is 2.72. The Morgan fingerprint density at radius 3 is 2.65 bits per heavy atom. The van der Waals surface area contributed by atoms with Crippen LogP contribution in [0.4, 0.5) is 19.0 Å². The van der Waals surface area contributed by atoms with Gasteiger partial charge >= 0.3 is 6.18 Å². The lowest BCUT2D eigenvalue weighted by atomic mass is 10.1. The molecular weight excluding hydrogens is 273 g/mol. The Morgan fingerprint density at radius 1 is 1.25 bits per heavy atom. The molecular formula is C12H9F3N4O. The summed E-state index contributed by atoms with van der Waals surface area (Å²) in [7, 11) is 1.19. The van der Waals surface area contributed by atoms with Crippen molar-refractivity contribution in [3.05, 3.63) is 24.0 Å². The lowest BCUT2D eigenvalue weighted by Gasteiger charge is -2.11. The topological polar surface area (TPSA) is 76.8 Å². The van der Waals surface area contributed by atoms with E-state index in [-0.39, 0.29) is 11.6 Å². The minimum atomic E-state index is -4.52. The fraction of sp³-hybridized carbons (Fsp3) is 0.167. The zero-order valence-corrected chi connectivity index (χ0v) is 10.2. The van der Waals surface area contributed by atoms with Gasteiger partial charge in [0.15, 0.2) is 0 Å². The molecule has 0 aliphatic rings. The molecule has 0 aliphatic carbocycles. The number of nitrogens with two attached hydrogens (primary N) is 1. The smallest absolute Gasteiger partial charge is 0.419 e. The number of hydrogen-bond donors (Lipinski definition) is 2. The van der Waals surface area contributed by atoms with Crippen LogP contribution in [-0.2, 0) is 6.18 Å². The van der Waals surface area contributed by atoms with Crippen LogP contribution in [0.3, 0.4) is 0 Å². The molecule has 0 spiro atoms. The summed E-state index contributed by atoms with van der Waals surface area (Å²) in [6, 6.07) is 2.27. The van der Waals surface area contributed by atoms with Crippen molar-refractivity contribution in [2.24, 2.45) is 0 Å². The molecule has 20 heavy (non-hydrogen) atoms. The lowest BCUT2D eigenvalue weighted by Crippen LogP contribution is -2.07. The van der Waals surface area contributed by atoms with Crippen molar-refractivity contribution in [3.8, 4) is 5.75 Å². The molecule has 0 aliphatic heterocycles. The number of anilines is 1. The molecule has 0 fully saturated rings. The summed E-state index contributed by atoms with van der Waals surface area (Å²) in [4.78, 5) is 10.6. The highest BCUT2D eigenvalue weighted by Crippen LogP contribution is 2.40. The van der Waals surface area contributed by atoms with Crippen molar-refractivity contribution < 1.29 is 17.9 Å². The predicted molar refractivity (Wildman–Crippen MR) is 67.4 cm³/mol. The number of rotatable bonds is 1. The van der Waals surface area contributed by atoms with E-state index < -0.39 is 11.7 Å². The highest BCUT2D eigenvalue weighted by atomic mass is 19.4. The van der Waals surface area contributed by atoms with Crippen molar-refractivity contribution in [1.29, 1.82) is 0 Å². The Labute approximate surface area is 110 Å². The minimum Gasteiger partial charge on any atom is -0.496 e. The highest BCUT2D eigenvalue weighted by molar-refractivity contribution is 6.11. The van der Waals surface area contributed by atoms with Gasteiger partial charge in [0.25, 0.3) is 0 Å². The molecule has 8 heteroatoms. The Balaban J connectivity index is 2.45. The summed E-state index contributed by atoms with van der Waals surface area (Å²) in [5.74, 6) is -0.136. The van der Waals surface area contributed by atoms with Crippen LogP contribution in [0.5, 0.6) is 5.75 Å². The molecule has 0 amide bonds. The SMILES string of the molecule is COc1cc2[nH]c3ncnc(N)c3c2cc1C(F)(F)F. The van der Waals surface area contributed by atoms with Gasteiger partial charge < -0.3 is 15.5 Å². The van der Waals surface area contributed by atoms with E-state index in [9.17, 15) is 13.2 Å². The van der Waals surface area contributed by atoms with E-state index in [1.165, 1.54) is 19.5 Å². The molecule has 0 bridgehead atoms. The largest absolute Gasteiger partial charge is 0.496 e. The van der Waals surface area contributed by atoms with E-state index in [4.69, 9.17) is 10.5 Å². The normalized spacial score (nSPS) is 12.2. The zero-order chi connectivity index (χ0) is 14.5. The molecule has 0 saturated heterocycles. The van der Waals surface area contributed by atoms with Gasteiger partial charge in [-0.25, -0.2) is 9.97 Å². The third kappa shape index (κ3) is 1.72. The minimum absolute atomic E-state index is 0.125. The van der Waals surface area contributed by atoms with Gasteiger partial charge in [0.05, 0.1) is 23.6 Å². The summed E-state index contributed by atoms with van der Waals surface area (Å²) in [6.45, 7) is 0. The van der Waals surface area contributed by atoms with Crippen LogP contribution >= 0.6 is 0 Å². The van der Waals surface area contributed by atoms with Crippen molar-refractivity contribution in [1.82, 2.24) is 15.0 Å². The average molecular weight is 282 g/mol. The van der Waals surface area contributed by atoms with Crippen molar-refractivity contribution in [2.75, 3.05) is 12.8 Å². The third-order valence-corrected chi connectivity index (χ3v) is 3.04. The number of benzene rings is 1. The summed E-state index contributed by atoms with van der Waals surface area (Å²) in [5, 5.41) is 0.682. The van der Waals surface area contributed by atoms with E-state index in [1.807, 2.05) is 0 Å². The molecule has 3 rings (SSSR count). The van der Waals surface area contributed by atoms with Crippen LogP contribution in [0.2, 0.25) is 0 Å². The quantitative estimate of drug-likeness (QED) is 0.719. The van der Waals surface area contributed by atoms with Gasteiger partial charge in [-0.05, 0) is 6.07 Å². The number of nitrogens with zero attached hydrogens (tertiary/aromatic N) is 2. The molecule has 1 aromatic carbocycles. The first kappa shape index (κ1) is 12.5. The molecule has 3 aromatic rings. The fourth-order valence-electron chi connectivity index (χ4n) is 2.17. The summed E-state index contributed by atoms with van der Waals surface area (Å²) >= 11 is 0. The second kappa shape index (κ2) is 3.99. The van der Waals surface area contributed by atoms with Crippen molar-refractivity contribution in [3.63, 3.8) is 0 Å². The zero-order valence-electron chi connectivity index (χ0n) is 10.2. The Morgan fingerprint density at radius 2 is 2.00 bits per heavy atom. The van der Waals surface area contributed by atoms with Crippen LogP contribution in [0.1, 0.15) is 5.56 Å². The van der Waals surface area contributed by atoms with Crippen molar-refractivity contribution in [2.45, 2.75) is 6.18 Å². The number of nitrogens with one attached hydrogen (secondary N) is 1. The molecule has 0 saturated carbocycles. The number of ether oxygens (including phenoxy) is 1. The average Bonchev–Trinajstić information content (AvgIpc) is 2.74. The van der Waals surface area contributed by atoms with Gasteiger partial charge in [-0.3, -0.25) is 0 Å². The molecule has 0 radical (unpaired) electrons. The second-order valence-corrected chi connectivity index (χ2v) is 4.20. The summed E-state index contributed by atoms with van der Waals surface area (Å²) in [5.41, 5.74) is 5.69. The van der Waals surface area contributed by atoms with Crippen LogP contribution in [-0.4, -0.2) is 22.1 Å². The first-order valence-electron chi connectivity index (χ1n) is 5.59. The number of hydrogen-bond acceptors (Lipinski definition) is 4. The van der Waals surface area contributed by atoms with Gasteiger partial charge in [0, 0.05) is 11.5 Å². The number of aromatic amines is 1. The van der Waals surface area contributed by atoms with E-state index in [1.54, 1.807) is 0 Å². The Kier molecular flexibility index (Phi) is 2.50. The van der Waals surface area contributed by atoms with Gasteiger partial charge in [-0.15, -0.1) is 0 Å². The van der Waals surface area contributed by atoms with Gasteiger partial charge in [0.1, 0.15) is 23.5 Å². The third-order valence-electron chi connectivity index (χ3n) is 3.04. The van der Waals surface area contributed by atoms with Crippen LogP contribution in [0, 0.1) is 0 Å². The van der Waals surface area contributed by atoms with Crippen LogP contribution in [0.15, 0.2) is 18.5 Å². The number of nitrogen functional groups attached to an aromatic ring is 1. The fourth-order valence-corrected chi connectivity index (χ4v) is 2.17. The number of alkyl halides is 3. The van der Waals surface area contributed by atoms with E-state index in [0.717, 1.165) is 6.07 Å². The maximum absolute atomic E-state index is 13.0. The van der Waals surface area contributed by atoms with Gasteiger partial charge in [-0.2, -0.15) is 13.2 Å². The number of methoxy groups -OCH3 is 1. The molecule has 2 aromatic heterocycles. The maximum Gasteiger partial charge on any atom is 0.419 e. The molecule has 5 nitrogen and oxygen atoms in total. The molecule has 104 valence electrons. The number of fused-ring (bicyclic) bond motifs is 3. The molecule has 3 N–H and O–H groups in total. The van der Waals surface area contributed by atoms with Crippen molar-refractivity contribution >= 4 is 27.8 Å². The molecule has 0 atom stereocenters. The Hall–Kier alpha value is -2.51. The number of halogens is 3. The van der Waals surface area contributed by atoms with Gasteiger partial charge in [-0.1, -0.05) is 0 Å². The summed E-state index contributed by atoms with van der Waals surface area (Å²) < 4.78 is 43.9. The Bertz CT molecular complexity index is 810. The first-order chi connectivity index (χ1) is 9.41. The van der Waals surface area contributed by atoms with E-state index >= 15 is 0 Å². The van der Waals surface area contributed by atoms with Gasteiger partial charge in [0.2, 0.25) is 0 Å². The molecule has 2 heterocycles. The van der Waals surface area contributed by atoms with E-state index in [0.29, 0.717) is 21.9 Å². The summed E-state index contributed by atoms with van der Waals surface area (Å²) in [6.07, 6.45) is -3.28. The first-order valence-corrected chi connectivity index (χ1v) is 5.59. The standard InChI is InChI=1S/C12H9F3N4O/c1-20-8-3-7-5(2-6(8)12(13,14)15)9-10(16)17-4-18-11(9)19-7/h2-4H,1H3,(H3,16,17,18,19). The lowest BCUT2D eigenvalue weighted by molar-refractivity contribution is -0.138. The van der Waals surface area contributed by atoms with Crippen LogP contribution in [0.25, 0.3) is 21.9 Å².